The number of halogens is 3. The maximum absolute atomic E-state index is 12.5. The molecule has 1 aliphatic carbocycles. The van der Waals surface area contributed by atoms with Crippen LogP contribution in [-0.4, -0.2) is 10.1 Å². The Bertz CT molecular complexity index is 652. The van der Waals surface area contributed by atoms with Crippen LogP contribution in [0.4, 0.5) is 18.9 Å². The molecule has 1 aliphatic rings. The molecule has 21 heavy (non-hydrogen) atoms. The maximum atomic E-state index is 12.5. The molecule has 2 N–H and O–H groups in total. The normalized spacial score (nSPS) is 15.4. The predicted molar refractivity (Wildman–Crippen MR) is 71.7 cm³/mol. The Morgan fingerprint density at radius 1 is 1.33 bits per heavy atom. The minimum absolute atomic E-state index is 0.0979. The van der Waals surface area contributed by atoms with Crippen molar-refractivity contribution in [1.82, 2.24) is 10.1 Å². The van der Waals surface area contributed by atoms with Crippen molar-refractivity contribution in [2.24, 2.45) is 0 Å². The Labute approximate surface area is 122 Å². The van der Waals surface area contributed by atoms with Crippen molar-refractivity contribution in [3.63, 3.8) is 0 Å². The van der Waals surface area contributed by atoms with Crippen LogP contribution in [0.5, 0.6) is 0 Å². The molecular weight excluding hydrogens is 303 g/mol. The third-order valence-corrected chi connectivity index (χ3v) is 4.19. The first-order valence-electron chi connectivity index (χ1n) is 6.35. The van der Waals surface area contributed by atoms with E-state index in [0.717, 1.165) is 25.0 Å². The first kappa shape index (κ1) is 14.2. The van der Waals surface area contributed by atoms with Gasteiger partial charge in [0.1, 0.15) is 0 Å². The summed E-state index contributed by atoms with van der Waals surface area (Å²) >= 11 is 1.29. The summed E-state index contributed by atoms with van der Waals surface area (Å²) in [6.07, 6.45) is -2.24. The van der Waals surface area contributed by atoms with E-state index in [1.165, 1.54) is 17.8 Å². The van der Waals surface area contributed by atoms with Crippen LogP contribution in [-0.2, 0) is 11.9 Å². The standard InChI is InChI=1S/C13H12F3N3OS/c14-13(15,16)8-3-4-10(9(17)5-8)21-6-11-18-12(20-19-11)7-1-2-7/h3-5,7H,1-2,6,17H2. The van der Waals surface area contributed by atoms with Gasteiger partial charge in [-0.25, -0.2) is 0 Å². The van der Waals surface area contributed by atoms with Crippen LogP contribution >= 0.6 is 11.8 Å². The molecule has 1 saturated carbocycles. The lowest BCUT2D eigenvalue weighted by Gasteiger charge is -2.09. The molecular formula is C13H12F3N3OS. The monoisotopic (exact) mass is 315 g/mol. The number of hydrogen-bond acceptors (Lipinski definition) is 5. The number of nitrogen functional groups attached to an aromatic ring is 1. The van der Waals surface area contributed by atoms with Crippen LogP contribution in [0, 0.1) is 0 Å². The molecule has 0 amide bonds. The van der Waals surface area contributed by atoms with Gasteiger partial charge in [0.05, 0.1) is 11.3 Å². The van der Waals surface area contributed by atoms with Gasteiger partial charge in [0.15, 0.2) is 5.82 Å². The molecule has 3 rings (SSSR count). The van der Waals surface area contributed by atoms with Gasteiger partial charge in [0, 0.05) is 16.5 Å². The number of thioether (sulfide) groups is 1. The summed E-state index contributed by atoms with van der Waals surface area (Å²) in [7, 11) is 0. The number of benzene rings is 1. The average molecular weight is 315 g/mol. The lowest BCUT2D eigenvalue weighted by Crippen LogP contribution is -2.05. The van der Waals surface area contributed by atoms with Gasteiger partial charge in [-0.1, -0.05) is 5.16 Å². The zero-order chi connectivity index (χ0) is 15.0. The summed E-state index contributed by atoms with van der Waals surface area (Å²) in [5, 5.41) is 3.85. The Morgan fingerprint density at radius 3 is 2.71 bits per heavy atom. The second-order valence-electron chi connectivity index (χ2n) is 4.86. The number of nitrogens with two attached hydrogens (primary N) is 1. The third-order valence-electron chi connectivity index (χ3n) is 3.10. The molecule has 0 unspecified atom stereocenters. The fourth-order valence-corrected chi connectivity index (χ4v) is 2.61. The number of nitrogens with zero attached hydrogens (tertiary/aromatic N) is 2. The highest BCUT2D eigenvalue weighted by atomic mass is 32.2. The zero-order valence-corrected chi connectivity index (χ0v) is 11.7. The van der Waals surface area contributed by atoms with E-state index in [9.17, 15) is 13.2 Å². The van der Waals surface area contributed by atoms with Crippen LogP contribution in [0.2, 0.25) is 0 Å². The third kappa shape index (κ3) is 3.31. The molecule has 0 spiro atoms. The predicted octanol–water partition coefficient (Wildman–Crippen LogP) is 3.84. The van der Waals surface area contributed by atoms with E-state index in [4.69, 9.17) is 10.3 Å². The first-order valence-corrected chi connectivity index (χ1v) is 7.34. The molecule has 0 atom stereocenters. The topological polar surface area (TPSA) is 64.9 Å². The summed E-state index contributed by atoms with van der Waals surface area (Å²) in [5.74, 6) is 1.96. The SMILES string of the molecule is Nc1cc(C(F)(F)F)ccc1SCc1noc(C2CC2)n1. The largest absolute Gasteiger partial charge is 0.416 e. The summed E-state index contributed by atoms with van der Waals surface area (Å²) in [4.78, 5) is 4.82. The van der Waals surface area contributed by atoms with E-state index in [1.54, 1.807) is 0 Å². The van der Waals surface area contributed by atoms with Gasteiger partial charge in [0.2, 0.25) is 5.89 Å². The van der Waals surface area contributed by atoms with Gasteiger partial charge >= 0.3 is 6.18 Å². The number of aromatic nitrogens is 2. The Hall–Kier alpha value is -1.70. The highest BCUT2D eigenvalue weighted by molar-refractivity contribution is 7.98. The molecule has 0 bridgehead atoms. The van der Waals surface area contributed by atoms with Crippen LogP contribution < -0.4 is 5.73 Å². The van der Waals surface area contributed by atoms with Gasteiger partial charge in [-0.3, -0.25) is 0 Å². The summed E-state index contributed by atoms with van der Waals surface area (Å²) in [5.41, 5.74) is 5.01. The van der Waals surface area contributed by atoms with E-state index < -0.39 is 11.7 Å². The summed E-state index contributed by atoms with van der Waals surface area (Å²) < 4.78 is 42.7. The van der Waals surface area contributed by atoms with E-state index in [-0.39, 0.29) is 5.69 Å². The molecule has 0 radical (unpaired) electrons. The van der Waals surface area contributed by atoms with Gasteiger partial charge < -0.3 is 10.3 Å². The van der Waals surface area contributed by atoms with E-state index in [2.05, 4.69) is 10.1 Å². The molecule has 112 valence electrons. The van der Waals surface area contributed by atoms with Crippen molar-refractivity contribution >= 4 is 17.4 Å². The molecule has 2 aromatic rings. The Balaban J connectivity index is 1.66. The molecule has 1 fully saturated rings. The van der Waals surface area contributed by atoms with Crippen LogP contribution in [0.1, 0.15) is 36.0 Å². The fourth-order valence-electron chi connectivity index (χ4n) is 1.82. The van der Waals surface area contributed by atoms with Gasteiger partial charge in [-0.2, -0.15) is 18.2 Å². The van der Waals surface area contributed by atoms with Crippen molar-refractivity contribution in [2.75, 3.05) is 5.73 Å². The maximum Gasteiger partial charge on any atom is 0.416 e. The summed E-state index contributed by atoms with van der Waals surface area (Å²) in [6, 6.07) is 3.32. The van der Waals surface area contributed by atoms with Gasteiger partial charge in [-0.15, -0.1) is 11.8 Å². The van der Waals surface area contributed by atoms with E-state index in [0.29, 0.717) is 28.3 Å². The van der Waals surface area contributed by atoms with Crippen LogP contribution in [0.3, 0.4) is 0 Å². The van der Waals surface area contributed by atoms with Crippen LogP contribution in [0.25, 0.3) is 0 Å². The highest BCUT2D eigenvalue weighted by Gasteiger charge is 2.31. The molecule has 1 heterocycles. The molecule has 8 heteroatoms. The highest BCUT2D eigenvalue weighted by Crippen LogP contribution is 2.39. The number of hydrogen-bond donors (Lipinski definition) is 1. The molecule has 1 aromatic carbocycles. The van der Waals surface area contributed by atoms with E-state index in [1.807, 2.05) is 0 Å². The van der Waals surface area contributed by atoms with Crippen molar-refractivity contribution in [3.8, 4) is 0 Å². The lowest BCUT2D eigenvalue weighted by molar-refractivity contribution is -0.137. The second-order valence-corrected chi connectivity index (χ2v) is 5.88. The van der Waals surface area contributed by atoms with Crippen molar-refractivity contribution in [3.05, 3.63) is 35.5 Å². The van der Waals surface area contributed by atoms with Gasteiger partial charge in [0.25, 0.3) is 0 Å². The zero-order valence-electron chi connectivity index (χ0n) is 10.9. The minimum atomic E-state index is -4.38. The smallest absolute Gasteiger partial charge is 0.398 e. The quantitative estimate of drug-likeness (QED) is 0.686. The Morgan fingerprint density at radius 2 is 2.10 bits per heavy atom. The first-order chi connectivity index (χ1) is 9.93. The van der Waals surface area contributed by atoms with Crippen LogP contribution in [0.15, 0.2) is 27.6 Å². The number of anilines is 1. The molecule has 0 saturated heterocycles. The lowest BCUT2D eigenvalue weighted by atomic mass is 10.2. The Kier molecular flexibility index (Phi) is 3.56. The number of alkyl halides is 3. The average Bonchev–Trinajstić information content (AvgIpc) is 3.16. The van der Waals surface area contributed by atoms with Crippen molar-refractivity contribution in [1.29, 1.82) is 0 Å². The van der Waals surface area contributed by atoms with E-state index >= 15 is 0 Å². The number of rotatable bonds is 4. The molecule has 0 aliphatic heterocycles. The fraction of sp³-hybridized carbons (Fsp3) is 0.385. The van der Waals surface area contributed by atoms with Crippen molar-refractivity contribution in [2.45, 2.75) is 35.6 Å². The molecule has 4 nitrogen and oxygen atoms in total. The minimum Gasteiger partial charge on any atom is -0.398 e. The van der Waals surface area contributed by atoms with Crippen molar-refractivity contribution < 1.29 is 17.7 Å². The van der Waals surface area contributed by atoms with Gasteiger partial charge in [-0.05, 0) is 31.0 Å². The second kappa shape index (κ2) is 5.25. The summed E-state index contributed by atoms with van der Waals surface area (Å²) in [6.45, 7) is 0. The molecule has 1 aromatic heterocycles.